The minimum absolute atomic E-state index is 0.290. The molecular weight excluding hydrogens is 254 g/mol. The predicted octanol–water partition coefficient (Wildman–Crippen LogP) is 0.509. The highest BCUT2D eigenvalue weighted by molar-refractivity contribution is 5.76. The summed E-state index contributed by atoms with van der Waals surface area (Å²) in [6, 6.07) is 0. The number of rotatable bonds is 5. The van der Waals surface area contributed by atoms with E-state index >= 15 is 0 Å². The van der Waals surface area contributed by atoms with Crippen LogP contribution in [0.5, 0.6) is 0 Å². The van der Waals surface area contributed by atoms with Crippen LogP contribution in [0.4, 0.5) is 0 Å². The Hall–Kier alpha value is -0.650. The van der Waals surface area contributed by atoms with Crippen molar-refractivity contribution >= 4 is 5.91 Å². The van der Waals surface area contributed by atoms with Crippen LogP contribution in [0, 0.1) is 5.92 Å². The van der Waals surface area contributed by atoms with E-state index in [4.69, 9.17) is 4.74 Å². The predicted molar refractivity (Wildman–Crippen MR) is 79.7 cm³/mol. The number of ether oxygens (including phenoxy) is 1. The third-order valence-electron chi connectivity index (χ3n) is 4.09. The van der Waals surface area contributed by atoms with Gasteiger partial charge in [-0.05, 0) is 5.92 Å². The Balaban J connectivity index is 1.61. The van der Waals surface area contributed by atoms with E-state index in [-0.39, 0.29) is 5.91 Å². The zero-order chi connectivity index (χ0) is 14.4. The summed E-state index contributed by atoms with van der Waals surface area (Å²) in [6.45, 7) is 14.0. The van der Waals surface area contributed by atoms with Crippen molar-refractivity contribution in [1.82, 2.24) is 14.7 Å². The van der Waals surface area contributed by atoms with Crippen molar-refractivity contribution in [3.05, 3.63) is 0 Å². The summed E-state index contributed by atoms with van der Waals surface area (Å²) in [4.78, 5) is 19.0. The molecule has 0 N–H and O–H groups in total. The molecule has 20 heavy (non-hydrogen) atoms. The third kappa shape index (κ3) is 5.04. The van der Waals surface area contributed by atoms with Crippen LogP contribution in [0.2, 0.25) is 0 Å². The fourth-order valence-corrected chi connectivity index (χ4v) is 2.94. The van der Waals surface area contributed by atoms with Crippen LogP contribution in [-0.2, 0) is 9.53 Å². The number of carbonyl (C=O) groups is 1. The first-order valence-corrected chi connectivity index (χ1v) is 7.95. The molecule has 116 valence electrons. The van der Waals surface area contributed by atoms with Crippen LogP contribution in [0.15, 0.2) is 0 Å². The molecule has 0 aromatic carbocycles. The highest BCUT2D eigenvalue weighted by atomic mass is 16.5. The Morgan fingerprint density at radius 3 is 2.20 bits per heavy atom. The van der Waals surface area contributed by atoms with Crippen molar-refractivity contribution in [3.63, 3.8) is 0 Å². The van der Waals surface area contributed by atoms with Gasteiger partial charge in [0.05, 0.1) is 13.2 Å². The SMILES string of the molecule is CC(C)CN1CCN(CCC(=O)N2CCOCC2)CC1. The van der Waals surface area contributed by atoms with Crippen molar-refractivity contribution in [2.24, 2.45) is 5.92 Å². The Morgan fingerprint density at radius 2 is 1.60 bits per heavy atom. The van der Waals surface area contributed by atoms with E-state index in [1.807, 2.05) is 4.90 Å². The van der Waals surface area contributed by atoms with Gasteiger partial charge in [-0.1, -0.05) is 13.8 Å². The average Bonchev–Trinajstić information content (AvgIpc) is 2.46. The standard InChI is InChI=1S/C15H29N3O2/c1-14(2)13-17-7-5-16(6-8-17)4-3-15(19)18-9-11-20-12-10-18/h14H,3-13H2,1-2H3. The molecule has 2 rings (SSSR count). The van der Waals surface area contributed by atoms with Gasteiger partial charge in [0.25, 0.3) is 0 Å². The summed E-state index contributed by atoms with van der Waals surface area (Å²) in [5.41, 5.74) is 0. The van der Waals surface area contributed by atoms with E-state index in [1.165, 1.54) is 6.54 Å². The van der Waals surface area contributed by atoms with Gasteiger partial charge in [0.2, 0.25) is 5.91 Å². The van der Waals surface area contributed by atoms with Crippen molar-refractivity contribution in [3.8, 4) is 0 Å². The molecule has 0 unspecified atom stereocenters. The highest BCUT2D eigenvalue weighted by Gasteiger charge is 2.20. The smallest absolute Gasteiger partial charge is 0.224 e. The summed E-state index contributed by atoms with van der Waals surface area (Å²) in [5, 5.41) is 0. The zero-order valence-corrected chi connectivity index (χ0v) is 13.0. The van der Waals surface area contributed by atoms with Crippen LogP contribution in [-0.4, -0.2) is 86.2 Å². The van der Waals surface area contributed by atoms with Crippen LogP contribution in [0.1, 0.15) is 20.3 Å². The van der Waals surface area contributed by atoms with Crippen LogP contribution in [0.25, 0.3) is 0 Å². The van der Waals surface area contributed by atoms with Crippen molar-refractivity contribution in [2.45, 2.75) is 20.3 Å². The summed E-state index contributed by atoms with van der Waals surface area (Å²) < 4.78 is 5.28. The van der Waals surface area contributed by atoms with E-state index in [9.17, 15) is 4.79 Å². The van der Waals surface area contributed by atoms with E-state index in [1.54, 1.807) is 0 Å². The molecule has 0 bridgehead atoms. The molecule has 0 saturated carbocycles. The first kappa shape index (κ1) is 15.7. The first-order valence-electron chi connectivity index (χ1n) is 7.95. The summed E-state index contributed by atoms with van der Waals surface area (Å²) in [6.07, 6.45) is 0.657. The lowest BCUT2D eigenvalue weighted by molar-refractivity contribution is -0.135. The maximum atomic E-state index is 12.1. The van der Waals surface area contributed by atoms with Gasteiger partial charge in [-0.15, -0.1) is 0 Å². The molecule has 5 nitrogen and oxygen atoms in total. The van der Waals surface area contributed by atoms with E-state index in [0.717, 1.165) is 51.7 Å². The molecule has 0 aromatic rings. The largest absolute Gasteiger partial charge is 0.378 e. The molecule has 2 fully saturated rings. The average molecular weight is 283 g/mol. The molecule has 0 spiro atoms. The lowest BCUT2D eigenvalue weighted by atomic mass is 10.2. The zero-order valence-electron chi connectivity index (χ0n) is 13.0. The molecule has 0 aliphatic carbocycles. The molecular formula is C15H29N3O2. The van der Waals surface area contributed by atoms with Gasteiger partial charge in [0, 0.05) is 58.8 Å². The quantitative estimate of drug-likeness (QED) is 0.736. The van der Waals surface area contributed by atoms with Gasteiger partial charge < -0.3 is 19.4 Å². The fourth-order valence-electron chi connectivity index (χ4n) is 2.94. The maximum Gasteiger partial charge on any atom is 0.224 e. The van der Waals surface area contributed by atoms with Crippen LogP contribution in [0.3, 0.4) is 0 Å². The minimum atomic E-state index is 0.290. The summed E-state index contributed by atoms with van der Waals surface area (Å²) in [5.74, 6) is 1.03. The molecule has 2 heterocycles. The first-order chi connectivity index (χ1) is 9.65. The van der Waals surface area contributed by atoms with Crippen LogP contribution >= 0.6 is 0 Å². The second kappa shape index (κ2) is 7.96. The Labute approximate surface area is 122 Å². The van der Waals surface area contributed by atoms with Gasteiger partial charge in [-0.25, -0.2) is 0 Å². The van der Waals surface area contributed by atoms with Gasteiger partial charge in [-0.2, -0.15) is 0 Å². The lowest BCUT2D eigenvalue weighted by Crippen LogP contribution is -2.48. The van der Waals surface area contributed by atoms with E-state index < -0.39 is 0 Å². The Morgan fingerprint density at radius 1 is 1.00 bits per heavy atom. The third-order valence-corrected chi connectivity index (χ3v) is 4.09. The summed E-state index contributed by atoms with van der Waals surface area (Å²) >= 11 is 0. The molecule has 1 amide bonds. The topological polar surface area (TPSA) is 36.0 Å². The molecule has 2 aliphatic heterocycles. The molecule has 2 aliphatic rings. The van der Waals surface area contributed by atoms with Gasteiger partial charge >= 0.3 is 0 Å². The van der Waals surface area contributed by atoms with Gasteiger partial charge in [0.15, 0.2) is 0 Å². The molecule has 0 aromatic heterocycles. The summed E-state index contributed by atoms with van der Waals surface area (Å²) in [7, 11) is 0. The van der Waals surface area contributed by atoms with Crippen molar-refractivity contribution in [2.75, 3.05) is 65.6 Å². The van der Waals surface area contributed by atoms with Gasteiger partial charge in [-0.3, -0.25) is 4.79 Å². The number of morpholine rings is 1. The molecule has 0 atom stereocenters. The number of hydrogen-bond acceptors (Lipinski definition) is 4. The number of nitrogens with zero attached hydrogens (tertiary/aromatic N) is 3. The minimum Gasteiger partial charge on any atom is -0.378 e. The number of hydrogen-bond donors (Lipinski definition) is 0. The van der Waals surface area contributed by atoms with E-state index in [2.05, 4.69) is 23.6 Å². The Kier molecular flexibility index (Phi) is 6.26. The van der Waals surface area contributed by atoms with Gasteiger partial charge in [0.1, 0.15) is 0 Å². The van der Waals surface area contributed by atoms with Crippen molar-refractivity contribution < 1.29 is 9.53 Å². The second-order valence-electron chi connectivity index (χ2n) is 6.28. The number of piperazine rings is 1. The highest BCUT2D eigenvalue weighted by Crippen LogP contribution is 2.07. The van der Waals surface area contributed by atoms with E-state index in [0.29, 0.717) is 19.6 Å². The lowest BCUT2D eigenvalue weighted by Gasteiger charge is -2.36. The van der Waals surface area contributed by atoms with Crippen LogP contribution < -0.4 is 0 Å². The Bertz CT molecular complexity index is 295. The normalized spacial score (nSPS) is 22.4. The number of carbonyl (C=O) groups excluding carboxylic acids is 1. The fraction of sp³-hybridized carbons (Fsp3) is 0.933. The maximum absolute atomic E-state index is 12.1. The molecule has 0 radical (unpaired) electrons. The second-order valence-corrected chi connectivity index (χ2v) is 6.28. The molecule has 5 heteroatoms. The van der Waals surface area contributed by atoms with Crippen molar-refractivity contribution in [1.29, 1.82) is 0 Å². The molecule has 2 saturated heterocycles. The monoisotopic (exact) mass is 283 g/mol. The number of amides is 1.